The highest BCUT2D eigenvalue weighted by molar-refractivity contribution is 6.30. The predicted molar refractivity (Wildman–Crippen MR) is 119 cm³/mol. The number of rotatable bonds is 5. The van der Waals surface area contributed by atoms with Crippen molar-refractivity contribution in [1.82, 2.24) is 20.4 Å². The Morgan fingerprint density at radius 3 is 2.58 bits per heavy atom. The van der Waals surface area contributed by atoms with Crippen LogP contribution in [0, 0.1) is 5.82 Å². The van der Waals surface area contributed by atoms with Crippen molar-refractivity contribution >= 4 is 23.2 Å². The fraction of sp³-hybridized carbons (Fsp3) is 0.125. The van der Waals surface area contributed by atoms with Crippen LogP contribution in [0.15, 0.2) is 81.6 Å². The fourth-order valence-electron chi connectivity index (χ4n) is 3.76. The van der Waals surface area contributed by atoms with Gasteiger partial charge in [0.2, 0.25) is 5.82 Å². The second-order valence-corrected chi connectivity index (χ2v) is 7.97. The van der Waals surface area contributed by atoms with Gasteiger partial charge >= 0.3 is 6.03 Å². The van der Waals surface area contributed by atoms with Crippen molar-refractivity contribution in [3.05, 3.63) is 101 Å². The van der Waals surface area contributed by atoms with Crippen molar-refractivity contribution in [3.8, 4) is 11.4 Å². The van der Waals surface area contributed by atoms with Gasteiger partial charge in [-0.25, -0.2) is 9.18 Å². The number of aromatic nitrogens is 2. The van der Waals surface area contributed by atoms with Gasteiger partial charge in [0.25, 0.3) is 5.89 Å². The van der Waals surface area contributed by atoms with Gasteiger partial charge in [0.1, 0.15) is 11.6 Å². The maximum atomic E-state index is 13.6. The Balaban J connectivity index is 1.59. The molecule has 0 spiro atoms. The molecule has 1 atom stereocenters. The molecule has 0 radical (unpaired) electrons. The molecule has 0 aliphatic carbocycles. The average molecular weight is 465 g/mol. The molecule has 2 aromatic carbocycles. The third-order valence-corrected chi connectivity index (χ3v) is 5.70. The largest absolute Gasteiger partial charge is 0.467 e. The number of halogens is 2. The van der Waals surface area contributed by atoms with E-state index in [1.54, 1.807) is 66.6 Å². The number of nitrogens with one attached hydrogen (secondary N) is 1. The van der Waals surface area contributed by atoms with Crippen molar-refractivity contribution in [2.45, 2.75) is 19.5 Å². The smallest absolute Gasteiger partial charge is 0.322 e. The second-order valence-electron chi connectivity index (χ2n) is 7.53. The first-order chi connectivity index (χ1) is 16.0. The second kappa shape index (κ2) is 8.55. The number of allylic oxidation sites excluding steroid dienone is 1. The molecule has 0 fully saturated rings. The summed E-state index contributed by atoms with van der Waals surface area (Å²) in [5.41, 5.74) is 2.65. The fourth-order valence-corrected chi connectivity index (χ4v) is 3.89. The van der Waals surface area contributed by atoms with E-state index < -0.39 is 6.04 Å². The summed E-state index contributed by atoms with van der Waals surface area (Å²) in [5, 5.41) is 7.68. The van der Waals surface area contributed by atoms with Crippen molar-refractivity contribution in [1.29, 1.82) is 0 Å². The van der Waals surface area contributed by atoms with Crippen LogP contribution in [0.25, 0.3) is 17.0 Å². The lowest BCUT2D eigenvalue weighted by molar-refractivity contribution is 0.199. The SMILES string of the molecule is CC1=C(c2nc(-c3ccc(Cl)cc3)no2)C(c2ccc(F)cc2)NC(=O)N1Cc1ccco1. The molecule has 0 saturated heterocycles. The van der Waals surface area contributed by atoms with Crippen LogP contribution in [0.2, 0.25) is 5.02 Å². The number of hydrogen-bond donors (Lipinski definition) is 1. The van der Waals surface area contributed by atoms with E-state index in [4.69, 9.17) is 20.5 Å². The molecule has 1 aliphatic rings. The zero-order valence-corrected chi connectivity index (χ0v) is 18.2. The van der Waals surface area contributed by atoms with E-state index in [-0.39, 0.29) is 24.3 Å². The molecule has 1 unspecified atom stereocenters. The van der Waals surface area contributed by atoms with Crippen molar-refractivity contribution in [2.24, 2.45) is 0 Å². The highest BCUT2D eigenvalue weighted by Crippen LogP contribution is 2.38. The minimum atomic E-state index is -0.607. The quantitative estimate of drug-likeness (QED) is 0.402. The zero-order valence-electron chi connectivity index (χ0n) is 17.5. The summed E-state index contributed by atoms with van der Waals surface area (Å²) >= 11 is 5.98. The van der Waals surface area contributed by atoms with E-state index >= 15 is 0 Å². The first-order valence-electron chi connectivity index (χ1n) is 10.2. The zero-order chi connectivity index (χ0) is 22.9. The van der Waals surface area contributed by atoms with Gasteiger partial charge in [0, 0.05) is 16.3 Å². The predicted octanol–water partition coefficient (Wildman–Crippen LogP) is 5.82. The van der Waals surface area contributed by atoms with E-state index in [2.05, 4.69) is 15.5 Å². The topological polar surface area (TPSA) is 84.4 Å². The summed E-state index contributed by atoms with van der Waals surface area (Å²) in [5.74, 6) is 0.882. The molecule has 0 bridgehead atoms. The lowest BCUT2D eigenvalue weighted by Crippen LogP contribution is -2.45. The molecule has 1 N–H and O–H groups in total. The third kappa shape index (κ3) is 4.12. The van der Waals surface area contributed by atoms with Crippen molar-refractivity contribution in [2.75, 3.05) is 0 Å². The minimum absolute atomic E-state index is 0.225. The van der Waals surface area contributed by atoms with Gasteiger partial charge in [-0.1, -0.05) is 28.9 Å². The Morgan fingerprint density at radius 2 is 1.88 bits per heavy atom. The average Bonchev–Trinajstić information content (AvgIpc) is 3.50. The molecule has 0 saturated carbocycles. The molecular formula is C24H18ClFN4O3. The van der Waals surface area contributed by atoms with E-state index in [1.807, 2.05) is 0 Å². The number of carbonyl (C=O) groups is 1. The van der Waals surface area contributed by atoms with Gasteiger partial charge in [0.15, 0.2) is 0 Å². The summed E-state index contributed by atoms with van der Waals surface area (Å²) in [6.45, 7) is 2.03. The number of amides is 2. The number of carbonyl (C=O) groups excluding carboxylic acids is 1. The molecule has 4 aromatic rings. The molecular weight excluding hydrogens is 447 g/mol. The van der Waals surface area contributed by atoms with Crippen LogP contribution in [0.3, 0.4) is 0 Å². The minimum Gasteiger partial charge on any atom is -0.467 e. The van der Waals surface area contributed by atoms with E-state index in [0.717, 1.165) is 5.56 Å². The van der Waals surface area contributed by atoms with E-state index in [1.165, 1.54) is 12.1 Å². The van der Waals surface area contributed by atoms with Crippen LogP contribution in [-0.4, -0.2) is 21.1 Å². The first kappa shape index (κ1) is 21.0. The molecule has 5 rings (SSSR count). The molecule has 1 aliphatic heterocycles. The molecule has 9 heteroatoms. The Kier molecular flexibility index (Phi) is 5.43. The lowest BCUT2D eigenvalue weighted by Gasteiger charge is -2.34. The molecule has 7 nitrogen and oxygen atoms in total. The summed E-state index contributed by atoms with van der Waals surface area (Å²) in [7, 11) is 0. The standard InChI is InChI=1S/C24H18ClFN4O3/c1-14-20(23-28-22(29-33-23)16-4-8-17(25)9-5-16)21(15-6-10-18(26)11-7-15)27-24(31)30(14)13-19-3-2-12-32-19/h2-12,21H,13H2,1H3,(H,27,31). The number of furan rings is 1. The van der Waals surface area contributed by atoms with Gasteiger partial charge in [-0.3, -0.25) is 4.90 Å². The molecule has 166 valence electrons. The van der Waals surface area contributed by atoms with Crippen LogP contribution in [0.5, 0.6) is 0 Å². The van der Waals surface area contributed by atoms with Crippen LogP contribution in [-0.2, 0) is 6.54 Å². The third-order valence-electron chi connectivity index (χ3n) is 5.45. The van der Waals surface area contributed by atoms with Crippen molar-refractivity contribution < 1.29 is 18.1 Å². The summed E-state index contributed by atoms with van der Waals surface area (Å²) in [4.78, 5) is 19.1. The maximum absolute atomic E-state index is 13.6. The van der Waals surface area contributed by atoms with Gasteiger partial charge in [-0.15, -0.1) is 0 Å². The van der Waals surface area contributed by atoms with Gasteiger partial charge < -0.3 is 14.3 Å². The Morgan fingerprint density at radius 1 is 1.12 bits per heavy atom. The monoisotopic (exact) mass is 464 g/mol. The van der Waals surface area contributed by atoms with Gasteiger partial charge in [-0.05, 0) is 61.0 Å². The van der Waals surface area contributed by atoms with E-state index in [0.29, 0.717) is 33.4 Å². The Hall–Kier alpha value is -3.91. The van der Waals surface area contributed by atoms with Crippen LogP contribution in [0.1, 0.15) is 30.2 Å². The molecule has 3 heterocycles. The maximum Gasteiger partial charge on any atom is 0.322 e. The van der Waals surface area contributed by atoms with Crippen LogP contribution >= 0.6 is 11.6 Å². The van der Waals surface area contributed by atoms with Gasteiger partial charge in [0.05, 0.1) is 24.4 Å². The van der Waals surface area contributed by atoms with Crippen molar-refractivity contribution in [3.63, 3.8) is 0 Å². The highest BCUT2D eigenvalue weighted by Gasteiger charge is 2.36. The summed E-state index contributed by atoms with van der Waals surface area (Å²) in [6.07, 6.45) is 1.55. The lowest BCUT2D eigenvalue weighted by atomic mass is 9.94. The first-order valence-corrected chi connectivity index (χ1v) is 10.5. The number of hydrogen-bond acceptors (Lipinski definition) is 5. The normalized spacial score (nSPS) is 16.3. The Bertz CT molecular complexity index is 1310. The highest BCUT2D eigenvalue weighted by atomic mass is 35.5. The van der Waals surface area contributed by atoms with Gasteiger partial charge in [-0.2, -0.15) is 4.98 Å². The van der Waals surface area contributed by atoms with E-state index in [9.17, 15) is 9.18 Å². The Labute approximate surface area is 193 Å². The molecule has 33 heavy (non-hydrogen) atoms. The van der Waals surface area contributed by atoms with Crippen LogP contribution < -0.4 is 5.32 Å². The number of urea groups is 1. The molecule has 2 amide bonds. The number of benzene rings is 2. The molecule has 2 aromatic heterocycles. The van der Waals surface area contributed by atoms with Crippen LogP contribution in [0.4, 0.5) is 9.18 Å². The summed E-state index contributed by atoms with van der Waals surface area (Å²) in [6, 6.07) is 15.6. The number of nitrogens with zero attached hydrogens (tertiary/aromatic N) is 3. The summed E-state index contributed by atoms with van der Waals surface area (Å²) < 4.78 is 24.6.